The summed E-state index contributed by atoms with van der Waals surface area (Å²) >= 11 is 0. The summed E-state index contributed by atoms with van der Waals surface area (Å²) in [6.45, 7) is 5.88. The third-order valence-electron chi connectivity index (χ3n) is 4.96. The molecule has 1 amide bonds. The maximum absolute atomic E-state index is 12.1. The van der Waals surface area contributed by atoms with E-state index in [1.807, 2.05) is 6.07 Å². The van der Waals surface area contributed by atoms with E-state index in [9.17, 15) is 4.79 Å². The molecule has 1 aromatic heterocycles. The summed E-state index contributed by atoms with van der Waals surface area (Å²) < 4.78 is 0. The van der Waals surface area contributed by atoms with E-state index < -0.39 is 0 Å². The number of nitrogens with zero attached hydrogens (tertiary/aromatic N) is 2. The van der Waals surface area contributed by atoms with Gasteiger partial charge in [0.1, 0.15) is 5.69 Å². The number of nitrogens with one attached hydrogen (secondary N) is 2. The van der Waals surface area contributed by atoms with Crippen molar-refractivity contribution in [3.05, 3.63) is 53.3 Å². The van der Waals surface area contributed by atoms with Gasteiger partial charge >= 0.3 is 0 Å². The molecule has 0 atom stereocenters. The quantitative estimate of drug-likeness (QED) is 0.814. The Hall–Kier alpha value is -2.14. The van der Waals surface area contributed by atoms with Gasteiger partial charge in [-0.15, -0.1) is 0 Å². The van der Waals surface area contributed by atoms with Gasteiger partial charge in [0.25, 0.3) is 5.91 Å². The molecule has 1 aliphatic rings. The van der Waals surface area contributed by atoms with Crippen LogP contribution in [0.4, 0.5) is 0 Å². The standard InChI is InChI=1S/C20H28N4O/c1-2-6-18-15-19(23-22-18)20(25)21-11-14-24-12-9-17(10-13-24)16-7-4-3-5-8-16/h3-5,7-8,15,17H,2,6,9-14H2,1H3,(H,21,25)(H,22,23). The van der Waals surface area contributed by atoms with Crippen LogP contribution in [-0.2, 0) is 6.42 Å². The highest BCUT2D eigenvalue weighted by Gasteiger charge is 2.20. The van der Waals surface area contributed by atoms with Crippen LogP contribution in [0.25, 0.3) is 0 Å². The molecule has 25 heavy (non-hydrogen) atoms. The van der Waals surface area contributed by atoms with Crippen LogP contribution in [-0.4, -0.2) is 47.2 Å². The zero-order valence-corrected chi connectivity index (χ0v) is 15.0. The van der Waals surface area contributed by atoms with Gasteiger partial charge < -0.3 is 10.2 Å². The largest absolute Gasteiger partial charge is 0.349 e. The molecule has 1 saturated heterocycles. The first-order chi connectivity index (χ1) is 12.3. The summed E-state index contributed by atoms with van der Waals surface area (Å²) in [6.07, 6.45) is 4.36. The third-order valence-corrected chi connectivity index (χ3v) is 4.96. The number of carbonyl (C=O) groups is 1. The van der Waals surface area contributed by atoms with E-state index in [0.717, 1.165) is 38.2 Å². The van der Waals surface area contributed by atoms with E-state index in [4.69, 9.17) is 0 Å². The van der Waals surface area contributed by atoms with Gasteiger partial charge in [0, 0.05) is 18.8 Å². The van der Waals surface area contributed by atoms with Crippen molar-refractivity contribution in [3.8, 4) is 0 Å². The molecule has 2 N–H and O–H groups in total. The number of aromatic amines is 1. The van der Waals surface area contributed by atoms with Crippen molar-refractivity contribution in [1.82, 2.24) is 20.4 Å². The maximum Gasteiger partial charge on any atom is 0.271 e. The van der Waals surface area contributed by atoms with Crippen LogP contribution in [0.2, 0.25) is 0 Å². The summed E-state index contributed by atoms with van der Waals surface area (Å²) in [4.78, 5) is 14.6. The summed E-state index contributed by atoms with van der Waals surface area (Å²) in [5, 5.41) is 10.0. The number of hydrogen-bond acceptors (Lipinski definition) is 3. The number of piperidine rings is 1. The minimum Gasteiger partial charge on any atom is -0.349 e. The lowest BCUT2D eigenvalue weighted by molar-refractivity contribution is 0.0941. The van der Waals surface area contributed by atoms with Crippen LogP contribution < -0.4 is 5.32 Å². The Kier molecular flexibility index (Phi) is 6.23. The van der Waals surface area contributed by atoms with Gasteiger partial charge in [-0.05, 0) is 49.9 Å². The Balaban J connectivity index is 1.37. The molecule has 0 aliphatic carbocycles. The van der Waals surface area contributed by atoms with E-state index in [1.54, 1.807) is 0 Å². The van der Waals surface area contributed by atoms with Gasteiger partial charge in [-0.2, -0.15) is 5.10 Å². The summed E-state index contributed by atoms with van der Waals surface area (Å²) in [7, 11) is 0. The van der Waals surface area contributed by atoms with Gasteiger partial charge in [-0.1, -0.05) is 43.7 Å². The molecular weight excluding hydrogens is 312 g/mol. The molecule has 0 radical (unpaired) electrons. The lowest BCUT2D eigenvalue weighted by Crippen LogP contribution is -2.39. The van der Waals surface area contributed by atoms with Gasteiger partial charge in [0.15, 0.2) is 0 Å². The van der Waals surface area contributed by atoms with Crippen LogP contribution >= 0.6 is 0 Å². The number of aromatic nitrogens is 2. The molecule has 0 spiro atoms. The zero-order valence-electron chi connectivity index (χ0n) is 15.0. The number of aryl methyl sites for hydroxylation is 1. The smallest absolute Gasteiger partial charge is 0.271 e. The molecule has 134 valence electrons. The molecule has 2 aromatic rings. The second-order valence-corrected chi connectivity index (χ2v) is 6.81. The molecule has 5 heteroatoms. The molecule has 2 heterocycles. The molecule has 1 fully saturated rings. The first-order valence-electron chi connectivity index (χ1n) is 9.36. The number of likely N-dealkylation sites (tertiary alicyclic amines) is 1. The number of rotatable bonds is 7. The molecule has 3 rings (SSSR count). The average Bonchev–Trinajstić information content (AvgIpc) is 3.12. The molecule has 0 saturated carbocycles. The fourth-order valence-electron chi connectivity index (χ4n) is 3.51. The molecular formula is C20H28N4O. The summed E-state index contributed by atoms with van der Waals surface area (Å²) in [5.41, 5.74) is 2.97. The second kappa shape index (κ2) is 8.81. The third kappa shape index (κ3) is 4.92. The van der Waals surface area contributed by atoms with Crippen LogP contribution in [0.15, 0.2) is 36.4 Å². The van der Waals surface area contributed by atoms with Crippen LogP contribution in [0.1, 0.15) is 53.8 Å². The molecule has 0 unspecified atom stereocenters. The first-order valence-corrected chi connectivity index (χ1v) is 9.36. The lowest BCUT2D eigenvalue weighted by Gasteiger charge is -2.32. The summed E-state index contributed by atoms with van der Waals surface area (Å²) in [6, 6.07) is 12.6. The minimum atomic E-state index is -0.0854. The molecule has 0 bridgehead atoms. The van der Waals surface area contributed by atoms with E-state index in [-0.39, 0.29) is 5.91 Å². The Morgan fingerprint density at radius 3 is 2.76 bits per heavy atom. The second-order valence-electron chi connectivity index (χ2n) is 6.81. The maximum atomic E-state index is 12.1. The Morgan fingerprint density at radius 1 is 1.28 bits per heavy atom. The van der Waals surface area contributed by atoms with Crippen molar-refractivity contribution < 1.29 is 4.79 Å². The number of hydrogen-bond donors (Lipinski definition) is 2. The van der Waals surface area contributed by atoms with E-state index in [1.165, 1.54) is 18.4 Å². The van der Waals surface area contributed by atoms with Gasteiger partial charge in [0.2, 0.25) is 0 Å². The zero-order chi connectivity index (χ0) is 17.5. The highest BCUT2D eigenvalue weighted by Crippen LogP contribution is 2.27. The lowest BCUT2D eigenvalue weighted by atomic mass is 9.89. The predicted molar refractivity (Wildman–Crippen MR) is 99.8 cm³/mol. The molecule has 1 aromatic carbocycles. The SMILES string of the molecule is CCCc1cc(C(=O)NCCN2CCC(c3ccccc3)CC2)n[nH]1. The number of amides is 1. The normalized spacial score (nSPS) is 16.0. The topological polar surface area (TPSA) is 61.0 Å². The van der Waals surface area contributed by atoms with Crippen LogP contribution in [0, 0.1) is 0 Å². The predicted octanol–water partition coefficient (Wildman–Crippen LogP) is 2.97. The van der Waals surface area contributed by atoms with Crippen molar-refractivity contribution in [2.24, 2.45) is 0 Å². The highest BCUT2D eigenvalue weighted by atomic mass is 16.1. The first kappa shape index (κ1) is 17.7. The Bertz CT molecular complexity index is 659. The van der Waals surface area contributed by atoms with Gasteiger partial charge in [-0.3, -0.25) is 9.89 Å². The van der Waals surface area contributed by atoms with Crippen molar-refractivity contribution in [2.45, 2.75) is 38.5 Å². The monoisotopic (exact) mass is 340 g/mol. The van der Waals surface area contributed by atoms with E-state index in [0.29, 0.717) is 18.2 Å². The molecule has 5 nitrogen and oxygen atoms in total. The Morgan fingerprint density at radius 2 is 2.04 bits per heavy atom. The van der Waals surface area contributed by atoms with E-state index in [2.05, 4.69) is 57.7 Å². The fraction of sp³-hybridized carbons (Fsp3) is 0.500. The number of H-pyrrole nitrogens is 1. The number of carbonyl (C=O) groups excluding carboxylic acids is 1. The molecule has 1 aliphatic heterocycles. The Labute approximate surface area is 149 Å². The number of benzene rings is 1. The van der Waals surface area contributed by atoms with Crippen molar-refractivity contribution in [1.29, 1.82) is 0 Å². The van der Waals surface area contributed by atoms with Crippen molar-refractivity contribution in [3.63, 3.8) is 0 Å². The van der Waals surface area contributed by atoms with Crippen LogP contribution in [0.3, 0.4) is 0 Å². The average molecular weight is 340 g/mol. The van der Waals surface area contributed by atoms with Gasteiger partial charge in [-0.25, -0.2) is 0 Å². The highest BCUT2D eigenvalue weighted by molar-refractivity contribution is 5.92. The fourth-order valence-corrected chi connectivity index (χ4v) is 3.51. The summed E-state index contributed by atoms with van der Waals surface area (Å²) in [5.74, 6) is 0.589. The van der Waals surface area contributed by atoms with Crippen LogP contribution in [0.5, 0.6) is 0 Å². The van der Waals surface area contributed by atoms with Crippen molar-refractivity contribution in [2.75, 3.05) is 26.2 Å². The van der Waals surface area contributed by atoms with E-state index >= 15 is 0 Å². The minimum absolute atomic E-state index is 0.0854. The van der Waals surface area contributed by atoms with Gasteiger partial charge in [0.05, 0.1) is 0 Å². The van der Waals surface area contributed by atoms with Crippen molar-refractivity contribution >= 4 is 5.91 Å².